The van der Waals surface area contributed by atoms with Crippen molar-refractivity contribution in [2.45, 2.75) is 45.4 Å². The maximum absolute atomic E-state index is 9.08. The molecule has 0 aromatic heterocycles. The number of ether oxygens (including phenoxy) is 1. The number of halogens is 1. The fraction of sp³-hybridized carbons (Fsp3) is 0.875. The van der Waals surface area contributed by atoms with Gasteiger partial charge in [0.1, 0.15) is 19.6 Å². The highest BCUT2D eigenvalue weighted by atomic mass is 127. The third kappa shape index (κ3) is 15.4. The summed E-state index contributed by atoms with van der Waals surface area (Å²) < 4.78 is 36.9. The molecule has 0 unspecified atom stereocenters. The van der Waals surface area contributed by atoms with Crippen LogP contribution < -0.4 is 0 Å². The van der Waals surface area contributed by atoms with Gasteiger partial charge in [0.15, 0.2) is 0 Å². The predicted molar refractivity (Wildman–Crippen MR) is 101 cm³/mol. The van der Waals surface area contributed by atoms with Crippen molar-refractivity contribution < 1.29 is 22.2 Å². The largest absolute Gasteiger partial charge is 0.748 e. The van der Waals surface area contributed by atoms with E-state index in [0.717, 1.165) is 32.8 Å². The molecule has 0 N–H and O–H groups in total. The molecule has 1 aliphatic heterocycles. The van der Waals surface area contributed by atoms with Crippen LogP contribution in [0.2, 0.25) is 0 Å². The lowest BCUT2D eigenvalue weighted by atomic mass is 10.1. The van der Waals surface area contributed by atoms with Crippen LogP contribution in [0.3, 0.4) is 0 Å². The van der Waals surface area contributed by atoms with E-state index in [9.17, 15) is 0 Å². The maximum atomic E-state index is 9.08. The molecular weight excluding hydrogens is 429 g/mol. The van der Waals surface area contributed by atoms with Crippen molar-refractivity contribution in [1.82, 2.24) is 0 Å². The summed E-state index contributed by atoms with van der Waals surface area (Å²) >= 11 is 2.15. The Balaban J connectivity index is 0.000000841. The van der Waals surface area contributed by atoms with E-state index in [4.69, 9.17) is 17.7 Å². The number of morpholine rings is 1. The highest BCUT2D eigenvalue weighted by molar-refractivity contribution is 14.1. The molecule has 1 rings (SSSR count). The molecule has 1 fully saturated rings. The van der Waals surface area contributed by atoms with Gasteiger partial charge in [-0.1, -0.05) is 32.6 Å². The van der Waals surface area contributed by atoms with Gasteiger partial charge in [0.2, 0.25) is 0 Å². The molecule has 0 saturated carbocycles. The normalized spacial score (nSPS) is 16.7. The quantitative estimate of drug-likeness (QED) is 0.184. The van der Waals surface area contributed by atoms with Crippen LogP contribution in [0, 0.1) is 9.85 Å². The number of rotatable bonds is 8. The average molecular weight is 459 g/mol. The van der Waals surface area contributed by atoms with Crippen molar-refractivity contribution in [1.29, 1.82) is 0 Å². The molecule has 0 bridgehead atoms. The number of unbranched alkanes of at least 4 members (excludes halogenated alkanes) is 5. The Hall–Kier alpha value is 0.120. The first-order chi connectivity index (χ1) is 10.8. The lowest BCUT2D eigenvalue weighted by molar-refractivity contribution is -0.928. The van der Waals surface area contributed by atoms with Crippen LogP contribution in [0.1, 0.15) is 45.4 Å². The summed E-state index contributed by atoms with van der Waals surface area (Å²) in [5.41, 5.74) is 0. The lowest BCUT2D eigenvalue weighted by Crippen LogP contribution is -2.55. The van der Waals surface area contributed by atoms with Crippen molar-refractivity contribution in [2.24, 2.45) is 0 Å². The molecule has 0 aromatic carbocycles. The fourth-order valence-corrected chi connectivity index (χ4v) is 2.79. The third-order valence-electron chi connectivity index (χ3n) is 3.89. The summed E-state index contributed by atoms with van der Waals surface area (Å²) in [4.78, 5) is 0. The smallest absolute Gasteiger partial charge is 0.141 e. The van der Waals surface area contributed by atoms with Crippen molar-refractivity contribution >= 4 is 32.7 Å². The van der Waals surface area contributed by atoms with Crippen LogP contribution in [0.5, 0.6) is 0 Å². The first-order valence-electron chi connectivity index (χ1n) is 8.25. The van der Waals surface area contributed by atoms with Gasteiger partial charge in [0, 0.05) is 28.8 Å². The van der Waals surface area contributed by atoms with Gasteiger partial charge in [-0.05, 0) is 22.7 Å². The van der Waals surface area contributed by atoms with E-state index >= 15 is 0 Å². The molecule has 1 saturated heterocycles. The van der Waals surface area contributed by atoms with Gasteiger partial charge in [0.25, 0.3) is 0 Å². The summed E-state index contributed by atoms with van der Waals surface area (Å²) in [5, 5.41) is 0. The minimum Gasteiger partial charge on any atom is -0.748 e. The molecular formula is C16H30INO4S. The maximum Gasteiger partial charge on any atom is 0.141 e. The van der Waals surface area contributed by atoms with E-state index in [-0.39, 0.29) is 0 Å². The molecule has 0 spiro atoms. The first kappa shape index (κ1) is 23.1. The Morgan fingerprint density at radius 3 is 2.17 bits per heavy atom. The van der Waals surface area contributed by atoms with E-state index in [1.54, 1.807) is 0 Å². The van der Waals surface area contributed by atoms with Crippen molar-refractivity contribution in [3.63, 3.8) is 0 Å². The van der Waals surface area contributed by atoms with Crippen molar-refractivity contribution in [3.05, 3.63) is 0 Å². The van der Waals surface area contributed by atoms with Gasteiger partial charge < -0.3 is 13.8 Å². The van der Waals surface area contributed by atoms with Gasteiger partial charge in [-0.15, -0.1) is 0 Å². The van der Waals surface area contributed by atoms with Crippen LogP contribution in [-0.4, -0.2) is 63.1 Å². The molecule has 0 amide bonds. The fourth-order valence-electron chi connectivity index (χ4n) is 2.62. The third-order valence-corrected chi connectivity index (χ3v) is 4.27. The SMILES string of the molecule is CCCCCCCC[N+]1(CC#CI)CCOCC1.CS(=O)(=O)[O-]. The zero-order valence-electron chi connectivity index (χ0n) is 14.4. The Kier molecular flexibility index (Phi) is 13.5. The molecule has 0 aliphatic carbocycles. The van der Waals surface area contributed by atoms with Crippen LogP contribution in [0.25, 0.3) is 0 Å². The molecule has 7 heteroatoms. The summed E-state index contributed by atoms with van der Waals surface area (Å²) in [6, 6.07) is 0. The number of hydrogen-bond donors (Lipinski definition) is 0. The molecule has 0 atom stereocenters. The van der Waals surface area contributed by atoms with Gasteiger partial charge in [-0.2, -0.15) is 0 Å². The topological polar surface area (TPSA) is 66.4 Å². The van der Waals surface area contributed by atoms with Crippen LogP contribution in [-0.2, 0) is 14.9 Å². The monoisotopic (exact) mass is 459 g/mol. The van der Waals surface area contributed by atoms with E-state index in [0.29, 0.717) is 6.26 Å². The zero-order chi connectivity index (χ0) is 17.6. The Labute approximate surface area is 155 Å². The molecule has 136 valence electrons. The van der Waals surface area contributed by atoms with E-state index in [1.165, 1.54) is 49.6 Å². The standard InChI is InChI=1S/C15H27INO.CH4O3S/c1-2-3-4-5-6-7-10-17(11-8-9-16)12-14-18-15-13-17;1-5(2,3)4/h2-7,10-15H2,1H3;1H3,(H,2,3,4)/q+1;/p-1. The van der Waals surface area contributed by atoms with Gasteiger partial charge >= 0.3 is 0 Å². The second kappa shape index (κ2) is 13.4. The first-order valence-corrected chi connectivity index (χ1v) is 11.1. The predicted octanol–water partition coefficient (Wildman–Crippen LogP) is 2.75. The second-order valence-electron chi connectivity index (χ2n) is 6.03. The molecule has 0 aromatic rings. The molecule has 1 aliphatic rings. The van der Waals surface area contributed by atoms with Crippen LogP contribution >= 0.6 is 22.6 Å². The van der Waals surface area contributed by atoms with Gasteiger partial charge in [-0.25, -0.2) is 8.42 Å². The van der Waals surface area contributed by atoms with Crippen molar-refractivity contribution in [3.8, 4) is 9.85 Å². The highest BCUT2D eigenvalue weighted by Crippen LogP contribution is 2.14. The summed E-state index contributed by atoms with van der Waals surface area (Å²) in [6.45, 7) is 8.72. The van der Waals surface area contributed by atoms with Crippen LogP contribution in [0.4, 0.5) is 0 Å². The molecule has 5 nitrogen and oxygen atoms in total. The minimum absolute atomic E-state index is 0.604. The van der Waals surface area contributed by atoms with E-state index in [1.807, 2.05) is 0 Å². The van der Waals surface area contributed by atoms with Crippen molar-refractivity contribution in [2.75, 3.05) is 45.6 Å². The number of quaternary nitrogens is 1. The van der Waals surface area contributed by atoms with Gasteiger partial charge in [-0.3, -0.25) is 0 Å². The molecule has 1 heterocycles. The lowest BCUT2D eigenvalue weighted by Gasteiger charge is -2.40. The summed E-state index contributed by atoms with van der Waals surface area (Å²) in [7, 11) is -3.92. The summed E-state index contributed by atoms with van der Waals surface area (Å²) in [6.07, 6.45) is 8.89. The minimum atomic E-state index is -3.92. The molecule has 0 radical (unpaired) electrons. The van der Waals surface area contributed by atoms with Crippen LogP contribution in [0.15, 0.2) is 0 Å². The summed E-state index contributed by atoms with van der Waals surface area (Å²) in [5.74, 6) is 3.27. The Bertz CT molecular complexity index is 442. The number of hydrogen-bond acceptors (Lipinski definition) is 4. The van der Waals surface area contributed by atoms with Gasteiger partial charge in [0.05, 0.1) is 29.9 Å². The number of nitrogens with zero attached hydrogens (tertiary/aromatic N) is 1. The average Bonchev–Trinajstić information content (AvgIpc) is 2.48. The van der Waals surface area contributed by atoms with E-state index < -0.39 is 10.1 Å². The second-order valence-corrected chi connectivity index (χ2v) is 7.97. The molecule has 23 heavy (non-hydrogen) atoms. The Morgan fingerprint density at radius 1 is 1.13 bits per heavy atom. The van der Waals surface area contributed by atoms with E-state index in [2.05, 4.69) is 39.4 Å². The highest BCUT2D eigenvalue weighted by Gasteiger charge is 2.28. The Morgan fingerprint density at radius 2 is 1.65 bits per heavy atom. The zero-order valence-corrected chi connectivity index (χ0v) is 17.3.